The van der Waals surface area contributed by atoms with E-state index in [2.05, 4.69) is 5.32 Å². The molecule has 5 nitrogen and oxygen atoms in total. The Balaban J connectivity index is 1.99. The maximum Gasteiger partial charge on any atom is 0.435 e. The first kappa shape index (κ1) is 31.6. The molecule has 16 heteroatoms. The van der Waals surface area contributed by atoms with Crippen LogP contribution in [0.5, 0.6) is 0 Å². The largest absolute Gasteiger partial charge is 0.435 e. The van der Waals surface area contributed by atoms with Crippen molar-refractivity contribution in [3.63, 3.8) is 0 Å². The van der Waals surface area contributed by atoms with Gasteiger partial charge in [-0.1, -0.05) is 12.1 Å². The van der Waals surface area contributed by atoms with Crippen LogP contribution in [-0.2, 0) is 11.8 Å². The predicted octanol–water partition coefficient (Wildman–Crippen LogP) is 7.98. The Morgan fingerprint density at radius 1 is 0.732 bits per heavy atom. The number of anilines is 2. The quantitative estimate of drug-likeness (QED) is 0.209. The van der Waals surface area contributed by atoms with Gasteiger partial charge in [0.1, 0.15) is 0 Å². The number of nitrogens with zero attached hydrogens (tertiary/aromatic N) is 1. The van der Waals surface area contributed by atoms with Gasteiger partial charge in [0.25, 0.3) is 11.8 Å². The van der Waals surface area contributed by atoms with Crippen LogP contribution in [0.2, 0.25) is 0 Å². The SMILES string of the molecule is N#Cc1cccc(C(=O)Nc2cccc(C(=O)Nc3c(I)cc(C(F)(C(F)(F)F)C(F)(F)F)cc3C(F)(F)F)c2)c1. The van der Waals surface area contributed by atoms with Crippen molar-refractivity contribution < 1.29 is 53.5 Å². The fourth-order valence-corrected chi connectivity index (χ4v) is 4.26. The Hall–Kier alpha value is -3.88. The Labute approximate surface area is 237 Å². The smallest absolute Gasteiger partial charge is 0.322 e. The van der Waals surface area contributed by atoms with Crippen molar-refractivity contribution in [3.8, 4) is 6.07 Å². The van der Waals surface area contributed by atoms with Crippen LogP contribution in [0.4, 0.5) is 55.3 Å². The maximum atomic E-state index is 14.5. The van der Waals surface area contributed by atoms with Gasteiger partial charge in [-0.2, -0.15) is 44.8 Å². The van der Waals surface area contributed by atoms with Crippen LogP contribution in [0.15, 0.2) is 60.7 Å². The molecule has 2 amide bonds. The minimum Gasteiger partial charge on any atom is -0.322 e. The molecule has 0 aliphatic carbocycles. The standard InChI is InChI=1S/C25H12F10IN3O2/c26-22(24(30,31)32,25(33,34)35)15-9-17(23(27,28)29)19(18(36)10-15)39-21(41)14-5-2-6-16(8-14)38-20(40)13-4-1-3-12(7-13)11-37/h1-10H,(H,38,40)(H,39,41). The summed E-state index contributed by atoms with van der Waals surface area (Å²) in [6, 6.07) is 11.2. The molecular formula is C25H12F10IN3O2. The second-order valence-corrected chi connectivity index (χ2v) is 9.38. The van der Waals surface area contributed by atoms with E-state index >= 15 is 0 Å². The summed E-state index contributed by atoms with van der Waals surface area (Å²) in [4.78, 5) is 25.2. The van der Waals surface area contributed by atoms with Crippen LogP contribution < -0.4 is 10.6 Å². The van der Waals surface area contributed by atoms with Crippen molar-refractivity contribution in [2.75, 3.05) is 10.6 Å². The maximum absolute atomic E-state index is 14.5. The lowest BCUT2D eigenvalue weighted by Crippen LogP contribution is -2.50. The zero-order valence-electron chi connectivity index (χ0n) is 19.7. The van der Waals surface area contributed by atoms with Crippen LogP contribution in [0.1, 0.15) is 37.4 Å². The molecule has 2 N–H and O–H groups in total. The van der Waals surface area contributed by atoms with E-state index in [4.69, 9.17) is 5.26 Å². The molecule has 41 heavy (non-hydrogen) atoms. The number of halogens is 11. The summed E-state index contributed by atoms with van der Waals surface area (Å²) >= 11 is 0.940. The normalized spacial score (nSPS) is 12.4. The van der Waals surface area contributed by atoms with Gasteiger partial charge in [-0.15, -0.1) is 0 Å². The molecule has 0 atom stereocenters. The van der Waals surface area contributed by atoms with Crippen LogP contribution >= 0.6 is 22.6 Å². The molecule has 0 spiro atoms. The first-order chi connectivity index (χ1) is 18.8. The molecule has 0 aromatic heterocycles. The molecule has 0 unspecified atom stereocenters. The van der Waals surface area contributed by atoms with Gasteiger partial charge in [0.2, 0.25) is 0 Å². The van der Waals surface area contributed by atoms with E-state index in [1.165, 1.54) is 36.4 Å². The van der Waals surface area contributed by atoms with E-state index in [0.717, 1.165) is 34.7 Å². The third-order valence-electron chi connectivity index (χ3n) is 5.45. The molecule has 0 aliphatic rings. The number of carbonyl (C=O) groups is 2. The molecule has 0 heterocycles. The van der Waals surface area contributed by atoms with Gasteiger partial charge >= 0.3 is 24.2 Å². The van der Waals surface area contributed by atoms with Crippen LogP contribution in [0.3, 0.4) is 0 Å². The van der Waals surface area contributed by atoms with Crippen LogP contribution in [0, 0.1) is 14.9 Å². The number of alkyl halides is 10. The zero-order chi connectivity index (χ0) is 31.0. The van der Waals surface area contributed by atoms with Gasteiger partial charge in [-0.3, -0.25) is 9.59 Å². The summed E-state index contributed by atoms with van der Waals surface area (Å²) < 4.78 is 134. The second-order valence-electron chi connectivity index (χ2n) is 8.21. The van der Waals surface area contributed by atoms with Crippen molar-refractivity contribution in [1.82, 2.24) is 0 Å². The highest BCUT2D eigenvalue weighted by Crippen LogP contribution is 2.54. The van der Waals surface area contributed by atoms with E-state index in [1.807, 2.05) is 6.07 Å². The number of hydrogen-bond donors (Lipinski definition) is 2. The summed E-state index contributed by atoms with van der Waals surface area (Å²) in [6.07, 6.45) is -18.9. The molecule has 0 aliphatic heterocycles. The minimum atomic E-state index is -6.66. The average molecular weight is 703 g/mol. The molecule has 0 bridgehead atoms. The monoisotopic (exact) mass is 703 g/mol. The highest BCUT2D eigenvalue weighted by atomic mass is 127. The summed E-state index contributed by atoms with van der Waals surface area (Å²) in [5.74, 6) is -2.00. The Kier molecular flexibility index (Phi) is 8.63. The molecule has 0 saturated heterocycles. The van der Waals surface area contributed by atoms with E-state index in [1.54, 1.807) is 5.32 Å². The summed E-state index contributed by atoms with van der Waals surface area (Å²) in [5.41, 5.74) is -12.1. The topological polar surface area (TPSA) is 82.0 Å². The number of carbonyl (C=O) groups excluding carboxylic acids is 2. The van der Waals surface area contributed by atoms with E-state index in [0.29, 0.717) is 0 Å². The predicted molar refractivity (Wildman–Crippen MR) is 133 cm³/mol. The third kappa shape index (κ3) is 6.55. The van der Waals surface area contributed by atoms with E-state index in [-0.39, 0.29) is 28.4 Å². The first-order valence-electron chi connectivity index (χ1n) is 10.8. The Morgan fingerprint density at radius 3 is 1.80 bits per heavy atom. The molecule has 0 fully saturated rings. The number of nitriles is 1. The molecular weight excluding hydrogens is 691 g/mol. The molecule has 3 aromatic rings. The molecule has 216 valence electrons. The van der Waals surface area contributed by atoms with Crippen molar-refractivity contribution in [2.24, 2.45) is 0 Å². The fourth-order valence-electron chi connectivity index (χ4n) is 3.50. The van der Waals surface area contributed by atoms with Crippen molar-refractivity contribution in [1.29, 1.82) is 5.26 Å². The zero-order valence-corrected chi connectivity index (χ0v) is 21.9. The van der Waals surface area contributed by atoms with Crippen LogP contribution in [-0.4, -0.2) is 24.2 Å². The Morgan fingerprint density at radius 2 is 1.27 bits per heavy atom. The van der Waals surface area contributed by atoms with E-state index < -0.39 is 62.5 Å². The average Bonchev–Trinajstić information content (AvgIpc) is 2.87. The number of rotatable bonds is 5. The molecule has 0 radical (unpaired) electrons. The van der Waals surface area contributed by atoms with Crippen LogP contribution in [0.25, 0.3) is 0 Å². The molecule has 0 saturated carbocycles. The van der Waals surface area contributed by atoms with Crippen molar-refractivity contribution >= 4 is 45.8 Å². The summed E-state index contributed by atoms with van der Waals surface area (Å²) in [6.45, 7) is 0. The van der Waals surface area contributed by atoms with Gasteiger partial charge in [0, 0.05) is 25.9 Å². The van der Waals surface area contributed by atoms with Crippen molar-refractivity contribution in [2.45, 2.75) is 24.2 Å². The second kappa shape index (κ2) is 11.2. The molecule has 3 rings (SSSR count). The number of hydrogen-bond acceptors (Lipinski definition) is 3. The summed E-state index contributed by atoms with van der Waals surface area (Å²) in [5, 5.41) is 13.1. The number of benzene rings is 3. The van der Waals surface area contributed by atoms with Gasteiger partial charge in [0.15, 0.2) is 0 Å². The third-order valence-corrected chi connectivity index (χ3v) is 6.30. The fraction of sp³-hybridized carbons (Fsp3) is 0.160. The highest BCUT2D eigenvalue weighted by Gasteiger charge is 2.73. The minimum absolute atomic E-state index is 0.0244. The summed E-state index contributed by atoms with van der Waals surface area (Å²) in [7, 11) is 0. The lowest BCUT2D eigenvalue weighted by molar-refractivity contribution is -0.348. The highest BCUT2D eigenvalue weighted by molar-refractivity contribution is 14.1. The van der Waals surface area contributed by atoms with Gasteiger partial charge in [-0.25, -0.2) is 4.39 Å². The lowest BCUT2D eigenvalue weighted by Gasteiger charge is -2.31. The molecule has 3 aromatic carbocycles. The van der Waals surface area contributed by atoms with E-state index in [9.17, 15) is 53.5 Å². The van der Waals surface area contributed by atoms with Gasteiger partial charge < -0.3 is 10.6 Å². The van der Waals surface area contributed by atoms with Gasteiger partial charge in [0.05, 0.1) is 22.9 Å². The van der Waals surface area contributed by atoms with Gasteiger partial charge in [-0.05, 0) is 71.1 Å². The Bertz CT molecular complexity index is 1530. The first-order valence-corrected chi connectivity index (χ1v) is 11.8. The number of amides is 2. The number of nitrogens with one attached hydrogen (secondary N) is 2. The lowest BCUT2D eigenvalue weighted by atomic mass is 9.92. The van der Waals surface area contributed by atoms with Crippen molar-refractivity contribution in [3.05, 3.63) is 92.1 Å².